The summed E-state index contributed by atoms with van der Waals surface area (Å²) in [5, 5.41) is 4.85. The van der Waals surface area contributed by atoms with E-state index in [1.54, 1.807) is 0 Å². The zero-order valence-corrected chi connectivity index (χ0v) is 37.5. The monoisotopic (exact) mass is 885 g/mol. The van der Waals surface area contributed by atoms with Gasteiger partial charge in [0.05, 0.1) is 21.4 Å². The van der Waals surface area contributed by atoms with Gasteiger partial charge in [0, 0.05) is 65.9 Å². The van der Waals surface area contributed by atoms with E-state index in [2.05, 4.69) is 199 Å². The minimum atomic E-state index is 0.548. The maximum absolute atomic E-state index is 5.53. The first kappa shape index (κ1) is 39.5. The van der Waals surface area contributed by atoms with Crippen LogP contribution in [0.4, 0.5) is 0 Å². The molecule has 0 amide bonds. The second-order valence-electron chi connectivity index (χ2n) is 17.0. The van der Waals surface area contributed by atoms with E-state index >= 15 is 0 Å². The molecule has 5 nitrogen and oxygen atoms in total. The lowest BCUT2D eigenvalue weighted by Crippen LogP contribution is -2.02. The minimum absolute atomic E-state index is 0.548. The Labute approximate surface area is 397 Å². The first-order valence-corrected chi connectivity index (χ1v) is 23.6. The van der Waals surface area contributed by atoms with Crippen LogP contribution in [0.1, 0.15) is 0 Å². The number of para-hydroxylation sites is 2. The van der Waals surface area contributed by atoms with Gasteiger partial charge < -0.3 is 4.57 Å². The van der Waals surface area contributed by atoms with E-state index in [1.807, 2.05) is 53.9 Å². The van der Waals surface area contributed by atoms with Gasteiger partial charge in [-0.15, -0.1) is 11.3 Å². The van der Waals surface area contributed by atoms with Gasteiger partial charge in [0.2, 0.25) is 0 Å². The number of hydrogen-bond acceptors (Lipinski definition) is 5. The molecule has 68 heavy (non-hydrogen) atoms. The van der Waals surface area contributed by atoms with E-state index < -0.39 is 0 Å². The predicted octanol–water partition coefficient (Wildman–Crippen LogP) is 16.4. The molecule has 0 saturated carbocycles. The Bertz CT molecular complexity index is 3940. The summed E-state index contributed by atoms with van der Waals surface area (Å²) in [6, 6.07) is 81.1. The SMILES string of the molecule is c1ccc(-c2ccc(-c3ccccc3)c(-c3cnc(-c4cccc5c4sc4c5ccc5c6ccccc6n(-c6ccccc6)c54)c(-c4nc(-c5ccccc5)nc(-c5ccccc5)n4)c3)c2)cc1. The van der Waals surface area contributed by atoms with Crippen LogP contribution in [-0.4, -0.2) is 24.5 Å². The standard InChI is InChI=1S/C62H39N5S/c1-6-19-40(20-7-1)44-33-34-47(41-21-8-2-9-22-41)53(37-44)45-38-54(62-65-60(42-23-10-3-11-24-42)64-61(66-62)43-25-12-4-13-26-43)56(63-39-45)52-31-18-30-50-51-36-35-49-48-29-16-17-32-55(48)67(46-27-14-5-15-28-46)57(49)59(51)68-58(50)52/h1-39H. The van der Waals surface area contributed by atoms with Crippen molar-refractivity contribution >= 4 is 53.3 Å². The van der Waals surface area contributed by atoms with Crippen LogP contribution >= 0.6 is 11.3 Å². The van der Waals surface area contributed by atoms with Crippen molar-refractivity contribution in [3.8, 4) is 84.5 Å². The fourth-order valence-corrected chi connectivity index (χ4v) is 11.1. The molecule has 4 heterocycles. The Hall–Kier alpha value is -8.84. The molecule has 0 aliphatic heterocycles. The molecule has 0 aliphatic carbocycles. The Balaban J connectivity index is 1.10. The third-order valence-electron chi connectivity index (χ3n) is 12.9. The number of fused-ring (bicyclic) bond motifs is 7. The van der Waals surface area contributed by atoms with Crippen LogP contribution in [0.5, 0.6) is 0 Å². The van der Waals surface area contributed by atoms with Gasteiger partial charge in [-0.1, -0.05) is 200 Å². The number of thiophene rings is 1. The Morgan fingerprint density at radius 2 is 0.868 bits per heavy atom. The molecule has 0 saturated heterocycles. The molecule has 0 unspecified atom stereocenters. The quantitative estimate of drug-likeness (QED) is 0.153. The fourth-order valence-electron chi connectivity index (χ4n) is 9.72. The van der Waals surface area contributed by atoms with Gasteiger partial charge in [0.1, 0.15) is 0 Å². The summed E-state index contributed by atoms with van der Waals surface area (Å²) >= 11 is 1.83. The molecule has 13 rings (SSSR count). The largest absolute Gasteiger partial charge is 0.308 e. The van der Waals surface area contributed by atoms with E-state index in [4.69, 9.17) is 19.9 Å². The van der Waals surface area contributed by atoms with E-state index in [9.17, 15) is 0 Å². The number of benzene rings is 9. The highest BCUT2D eigenvalue weighted by atomic mass is 32.1. The summed E-state index contributed by atoms with van der Waals surface area (Å²) in [4.78, 5) is 21.3. The second kappa shape index (κ2) is 16.5. The summed E-state index contributed by atoms with van der Waals surface area (Å²) in [6.45, 7) is 0. The first-order chi connectivity index (χ1) is 33.7. The van der Waals surface area contributed by atoms with E-state index in [-0.39, 0.29) is 0 Å². The number of pyridine rings is 1. The van der Waals surface area contributed by atoms with Crippen LogP contribution in [0.25, 0.3) is 126 Å². The van der Waals surface area contributed by atoms with Crippen molar-refractivity contribution in [1.82, 2.24) is 24.5 Å². The minimum Gasteiger partial charge on any atom is -0.308 e. The lowest BCUT2D eigenvalue weighted by Gasteiger charge is -2.16. The van der Waals surface area contributed by atoms with Crippen molar-refractivity contribution in [3.63, 3.8) is 0 Å². The number of rotatable bonds is 8. The van der Waals surface area contributed by atoms with Gasteiger partial charge in [-0.25, -0.2) is 15.0 Å². The summed E-state index contributed by atoms with van der Waals surface area (Å²) in [5.74, 6) is 1.74. The summed E-state index contributed by atoms with van der Waals surface area (Å²) in [6.07, 6.45) is 2.03. The van der Waals surface area contributed by atoms with Crippen LogP contribution < -0.4 is 0 Å². The van der Waals surface area contributed by atoms with Crippen LogP contribution in [0.2, 0.25) is 0 Å². The van der Waals surface area contributed by atoms with Gasteiger partial charge in [-0.2, -0.15) is 0 Å². The fraction of sp³-hybridized carbons (Fsp3) is 0. The molecule has 0 N–H and O–H groups in total. The molecule has 0 spiro atoms. The van der Waals surface area contributed by atoms with Crippen molar-refractivity contribution in [2.45, 2.75) is 0 Å². The van der Waals surface area contributed by atoms with E-state index in [0.717, 1.165) is 71.7 Å². The summed E-state index contributed by atoms with van der Waals surface area (Å²) < 4.78 is 4.81. The molecule has 0 radical (unpaired) electrons. The first-order valence-electron chi connectivity index (χ1n) is 22.8. The molecule has 0 aliphatic rings. The van der Waals surface area contributed by atoms with E-state index in [0.29, 0.717) is 17.5 Å². The van der Waals surface area contributed by atoms with Gasteiger partial charge in [-0.05, 0) is 58.1 Å². The molecule has 4 aromatic heterocycles. The van der Waals surface area contributed by atoms with Crippen molar-refractivity contribution < 1.29 is 0 Å². The Morgan fingerprint density at radius 1 is 0.324 bits per heavy atom. The zero-order valence-electron chi connectivity index (χ0n) is 36.7. The highest BCUT2D eigenvalue weighted by Crippen LogP contribution is 2.47. The predicted molar refractivity (Wildman–Crippen MR) is 283 cm³/mol. The number of hydrogen-bond donors (Lipinski definition) is 0. The van der Waals surface area contributed by atoms with E-state index in [1.165, 1.54) is 37.3 Å². The maximum Gasteiger partial charge on any atom is 0.166 e. The van der Waals surface area contributed by atoms with Crippen LogP contribution in [-0.2, 0) is 0 Å². The average molecular weight is 886 g/mol. The molecule has 0 bridgehead atoms. The molecular weight excluding hydrogens is 847 g/mol. The number of aromatic nitrogens is 5. The molecule has 6 heteroatoms. The van der Waals surface area contributed by atoms with Gasteiger partial charge in [-0.3, -0.25) is 4.98 Å². The van der Waals surface area contributed by atoms with Crippen LogP contribution in [0.3, 0.4) is 0 Å². The van der Waals surface area contributed by atoms with Gasteiger partial charge >= 0.3 is 0 Å². The van der Waals surface area contributed by atoms with Crippen LogP contribution in [0.15, 0.2) is 237 Å². The van der Waals surface area contributed by atoms with Gasteiger partial charge in [0.15, 0.2) is 17.5 Å². The molecule has 0 atom stereocenters. The third kappa shape index (κ3) is 6.77. The Morgan fingerprint density at radius 3 is 1.56 bits per heavy atom. The van der Waals surface area contributed by atoms with Crippen molar-refractivity contribution in [2.24, 2.45) is 0 Å². The van der Waals surface area contributed by atoms with Crippen molar-refractivity contribution in [3.05, 3.63) is 237 Å². The molecule has 13 aromatic rings. The lowest BCUT2D eigenvalue weighted by molar-refractivity contribution is 1.07. The van der Waals surface area contributed by atoms with Crippen molar-refractivity contribution in [1.29, 1.82) is 0 Å². The smallest absolute Gasteiger partial charge is 0.166 e. The highest BCUT2D eigenvalue weighted by molar-refractivity contribution is 7.27. The molecule has 9 aromatic carbocycles. The Kier molecular flexibility index (Phi) is 9.62. The molecule has 0 fully saturated rings. The van der Waals surface area contributed by atoms with Gasteiger partial charge in [0.25, 0.3) is 0 Å². The normalized spacial score (nSPS) is 11.5. The van der Waals surface area contributed by atoms with Crippen LogP contribution in [0, 0.1) is 0 Å². The summed E-state index contributed by atoms with van der Waals surface area (Å²) in [7, 11) is 0. The highest BCUT2D eigenvalue weighted by Gasteiger charge is 2.24. The topological polar surface area (TPSA) is 56.5 Å². The summed E-state index contributed by atoms with van der Waals surface area (Å²) in [5.41, 5.74) is 14.5. The molecule has 318 valence electrons. The zero-order chi connectivity index (χ0) is 45.0. The molecular formula is C62H39N5S. The maximum atomic E-state index is 5.53. The van der Waals surface area contributed by atoms with Crippen molar-refractivity contribution in [2.75, 3.05) is 0 Å². The second-order valence-corrected chi connectivity index (χ2v) is 18.0. The third-order valence-corrected chi connectivity index (χ3v) is 14.2. The number of nitrogens with zero attached hydrogens (tertiary/aromatic N) is 5. The average Bonchev–Trinajstić information content (AvgIpc) is 3.98. The lowest BCUT2D eigenvalue weighted by atomic mass is 9.90.